The Bertz CT molecular complexity index is 997. The molecule has 0 atom stereocenters. The van der Waals surface area contributed by atoms with Crippen LogP contribution in [0.2, 0.25) is 0 Å². The van der Waals surface area contributed by atoms with Crippen LogP contribution in [-0.2, 0) is 21.2 Å². The van der Waals surface area contributed by atoms with E-state index in [9.17, 15) is 23.3 Å². The lowest BCUT2D eigenvalue weighted by Gasteiger charge is -2.30. The summed E-state index contributed by atoms with van der Waals surface area (Å²) in [7, 11) is -3.99. The molecule has 0 saturated carbocycles. The average Bonchev–Trinajstić information content (AvgIpc) is 2.74. The number of hydrogen-bond acceptors (Lipinski definition) is 5. The lowest BCUT2D eigenvalue weighted by atomic mass is 9.97. The van der Waals surface area contributed by atoms with Crippen molar-refractivity contribution >= 4 is 27.3 Å². The number of rotatable bonds is 6. The van der Waals surface area contributed by atoms with Gasteiger partial charge in [0.15, 0.2) is 4.90 Å². The number of nitro groups is 1. The van der Waals surface area contributed by atoms with Crippen molar-refractivity contribution in [2.24, 2.45) is 5.92 Å². The first-order chi connectivity index (χ1) is 13.8. The zero-order valence-corrected chi connectivity index (χ0v) is 16.9. The number of carbonyl (C=O) groups is 1. The normalized spacial score (nSPS) is 15.8. The fourth-order valence-electron chi connectivity index (χ4n) is 3.39. The molecule has 1 N–H and O–H groups in total. The summed E-state index contributed by atoms with van der Waals surface area (Å²) >= 11 is 0. The number of nitrogens with one attached hydrogen (secondary N) is 1. The Labute approximate surface area is 169 Å². The SMILES string of the molecule is CCc1ccc(NC(=O)C2CCN(S(=O)(=O)c3ccccc3[N+](=O)[O-])CC2)cc1. The molecule has 0 unspecified atom stereocenters. The van der Waals surface area contributed by atoms with Crippen LogP contribution in [0.1, 0.15) is 25.3 Å². The number of nitro benzene ring substituents is 1. The predicted octanol–water partition coefficient (Wildman–Crippen LogP) is 3.20. The summed E-state index contributed by atoms with van der Waals surface area (Å²) in [6.07, 6.45) is 1.64. The van der Waals surface area contributed by atoms with Gasteiger partial charge < -0.3 is 5.32 Å². The fourth-order valence-corrected chi connectivity index (χ4v) is 5.02. The van der Waals surface area contributed by atoms with Crippen LogP contribution in [0.3, 0.4) is 0 Å². The molecule has 1 heterocycles. The van der Waals surface area contributed by atoms with Crippen LogP contribution in [0, 0.1) is 16.0 Å². The van der Waals surface area contributed by atoms with E-state index in [1.165, 1.54) is 34.1 Å². The summed E-state index contributed by atoms with van der Waals surface area (Å²) in [6.45, 7) is 2.34. The smallest absolute Gasteiger partial charge is 0.289 e. The zero-order valence-electron chi connectivity index (χ0n) is 16.1. The number of piperidine rings is 1. The third-order valence-corrected chi connectivity index (χ3v) is 7.08. The molecule has 0 bridgehead atoms. The second-order valence-corrected chi connectivity index (χ2v) is 8.85. The van der Waals surface area contributed by atoms with E-state index >= 15 is 0 Å². The highest BCUT2D eigenvalue weighted by molar-refractivity contribution is 7.89. The Hall–Kier alpha value is -2.78. The van der Waals surface area contributed by atoms with Gasteiger partial charge in [-0.3, -0.25) is 14.9 Å². The second-order valence-electron chi connectivity index (χ2n) is 6.94. The van der Waals surface area contributed by atoms with E-state index in [0.29, 0.717) is 18.5 Å². The quantitative estimate of drug-likeness (QED) is 0.573. The Balaban J connectivity index is 1.65. The van der Waals surface area contributed by atoms with Crippen molar-refractivity contribution < 1.29 is 18.1 Å². The van der Waals surface area contributed by atoms with Crippen LogP contribution in [0.5, 0.6) is 0 Å². The highest BCUT2D eigenvalue weighted by atomic mass is 32.2. The molecule has 0 aromatic heterocycles. The number of amides is 1. The molecule has 1 aliphatic heterocycles. The van der Waals surface area contributed by atoms with Crippen molar-refractivity contribution in [2.45, 2.75) is 31.1 Å². The molecule has 3 rings (SSSR count). The van der Waals surface area contributed by atoms with Crippen LogP contribution >= 0.6 is 0 Å². The summed E-state index contributed by atoms with van der Waals surface area (Å²) in [5, 5.41) is 14.1. The molecule has 2 aromatic carbocycles. The Morgan fingerprint density at radius 1 is 1.14 bits per heavy atom. The standard InChI is InChI=1S/C20H23N3O5S/c1-2-15-7-9-17(10-8-15)21-20(24)16-11-13-22(14-12-16)29(27,28)19-6-4-3-5-18(19)23(25)26/h3-10,16H,2,11-14H2,1H3,(H,21,24). The lowest BCUT2D eigenvalue weighted by molar-refractivity contribution is -0.387. The number of anilines is 1. The van der Waals surface area contributed by atoms with Gasteiger partial charge in [-0.15, -0.1) is 0 Å². The average molecular weight is 417 g/mol. The number of carbonyl (C=O) groups excluding carboxylic acids is 1. The van der Waals surface area contributed by atoms with Gasteiger partial charge in [-0.25, -0.2) is 8.42 Å². The maximum atomic E-state index is 12.9. The molecule has 154 valence electrons. The minimum Gasteiger partial charge on any atom is -0.326 e. The van der Waals surface area contributed by atoms with E-state index in [1.54, 1.807) is 0 Å². The van der Waals surface area contributed by atoms with Gasteiger partial charge in [0.2, 0.25) is 15.9 Å². The summed E-state index contributed by atoms with van der Waals surface area (Å²) in [6, 6.07) is 12.9. The molecule has 1 fully saturated rings. The van der Waals surface area contributed by atoms with Crippen LogP contribution in [0.15, 0.2) is 53.4 Å². The third-order valence-electron chi connectivity index (χ3n) is 5.13. The minimum absolute atomic E-state index is 0.140. The van der Waals surface area contributed by atoms with Gasteiger partial charge in [0.05, 0.1) is 4.92 Å². The molecule has 29 heavy (non-hydrogen) atoms. The minimum atomic E-state index is -3.99. The van der Waals surface area contributed by atoms with E-state index in [4.69, 9.17) is 0 Å². The van der Waals surface area contributed by atoms with E-state index in [0.717, 1.165) is 6.42 Å². The van der Waals surface area contributed by atoms with Gasteiger partial charge in [0.25, 0.3) is 5.69 Å². The predicted molar refractivity (Wildman–Crippen MR) is 109 cm³/mol. The number of benzene rings is 2. The molecule has 1 saturated heterocycles. The van der Waals surface area contributed by atoms with Crippen molar-refractivity contribution in [3.63, 3.8) is 0 Å². The molecule has 2 aromatic rings. The molecule has 8 nitrogen and oxygen atoms in total. The molecule has 0 aliphatic carbocycles. The first-order valence-corrected chi connectivity index (χ1v) is 10.9. The van der Waals surface area contributed by atoms with Crippen LogP contribution in [-0.4, -0.2) is 36.6 Å². The number of para-hydroxylation sites is 1. The van der Waals surface area contributed by atoms with Gasteiger partial charge in [-0.05, 0) is 43.0 Å². The van der Waals surface area contributed by atoms with Gasteiger partial charge in [-0.1, -0.05) is 31.2 Å². The fraction of sp³-hybridized carbons (Fsp3) is 0.350. The van der Waals surface area contributed by atoms with Crippen molar-refractivity contribution in [1.29, 1.82) is 0 Å². The van der Waals surface area contributed by atoms with E-state index in [2.05, 4.69) is 12.2 Å². The molecule has 1 amide bonds. The molecule has 1 aliphatic rings. The monoisotopic (exact) mass is 417 g/mol. The van der Waals surface area contributed by atoms with Crippen LogP contribution in [0.25, 0.3) is 0 Å². The summed E-state index contributed by atoms with van der Waals surface area (Å²) in [5.74, 6) is -0.449. The van der Waals surface area contributed by atoms with Crippen LogP contribution in [0.4, 0.5) is 11.4 Å². The van der Waals surface area contributed by atoms with Crippen LogP contribution < -0.4 is 5.32 Å². The van der Waals surface area contributed by atoms with Crippen molar-refractivity contribution in [2.75, 3.05) is 18.4 Å². The van der Waals surface area contributed by atoms with Gasteiger partial charge in [-0.2, -0.15) is 4.31 Å². The Morgan fingerprint density at radius 3 is 2.34 bits per heavy atom. The second kappa shape index (κ2) is 8.71. The zero-order chi connectivity index (χ0) is 21.0. The van der Waals surface area contributed by atoms with Crippen molar-refractivity contribution in [1.82, 2.24) is 4.31 Å². The lowest BCUT2D eigenvalue weighted by Crippen LogP contribution is -2.41. The van der Waals surface area contributed by atoms with Crippen molar-refractivity contribution in [3.05, 3.63) is 64.2 Å². The maximum absolute atomic E-state index is 12.9. The summed E-state index contributed by atoms with van der Waals surface area (Å²) < 4.78 is 26.9. The highest BCUT2D eigenvalue weighted by Gasteiger charge is 2.35. The topological polar surface area (TPSA) is 110 Å². The Kier molecular flexibility index (Phi) is 6.29. The number of aryl methyl sites for hydroxylation is 1. The maximum Gasteiger partial charge on any atom is 0.289 e. The first-order valence-electron chi connectivity index (χ1n) is 9.46. The largest absolute Gasteiger partial charge is 0.326 e. The van der Waals surface area contributed by atoms with Crippen molar-refractivity contribution in [3.8, 4) is 0 Å². The van der Waals surface area contributed by atoms with E-state index in [1.807, 2.05) is 24.3 Å². The van der Waals surface area contributed by atoms with E-state index in [-0.39, 0.29) is 29.8 Å². The molecule has 9 heteroatoms. The number of sulfonamides is 1. The third kappa shape index (κ3) is 4.63. The first kappa shape index (κ1) is 20.9. The van der Waals surface area contributed by atoms with E-state index < -0.39 is 20.6 Å². The summed E-state index contributed by atoms with van der Waals surface area (Å²) in [4.78, 5) is 22.7. The van der Waals surface area contributed by atoms with Gasteiger partial charge in [0.1, 0.15) is 0 Å². The van der Waals surface area contributed by atoms with Gasteiger partial charge in [0, 0.05) is 30.8 Å². The molecular weight excluding hydrogens is 394 g/mol. The highest BCUT2D eigenvalue weighted by Crippen LogP contribution is 2.29. The molecule has 0 radical (unpaired) electrons. The molecular formula is C20H23N3O5S. The Morgan fingerprint density at radius 2 is 1.76 bits per heavy atom. The number of nitrogens with zero attached hydrogens (tertiary/aromatic N) is 2. The summed E-state index contributed by atoms with van der Waals surface area (Å²) in [5.41, 5.74) is 1.45. The molecule has 0 spiro atoms. The number of hydrogen-bond donors (Lipinski definition) is 1. The van der Waals surface area contributed by atoms with Gasteiger partial charge >= 0.3 is 0 Å².